The van der Waals surface area contributed by atoms with E-state index >= 15 is 0 Å². The summed E-state index contributed by atoms with van der Waals surface area (Å²) in [5.41, 5.74) is 1.45. The number of rotatable bonds is 7. The van der Waals surface area contributed by atoms with Crippen LogP contribution in [0.15, 0.2) is 45.6 Å². The van der Waals surface area contributed by atoms with Gasteiger partial charge in [-0.25, -0.2) is 0 Å². The zero-order valence-corrected chi connectivity index (χ0v) is 15.1. The molecule has 0 saturated carbocycles. The van der Waals surface area contributed by atoms with Crippen LogP contribution in [0.25, 0.3) is 22.3 Å². The normalized spacial score (nSPS) is 11.0. The summed E-state index contributed by atoms with van der Waals surface area (Å²) in [6.45, 7) is 0.217. The maximum Gasteiger partial charge on any atom is 0.204 e. The van der Waals surface area contributed by atoms with Gasteiger partial charge in [0.25, 0.3) is 0 Å². The summed E-state index contributed by atoms with van der Waals surface area (Å²) < 4.78 is 10.9. The molecule has 0 spiro atoms. The van der Waals surface area contributed by atoms with Crippen LogP contribution in [0.5, 0.6) is 17.2 Å². The first-order chi connectivity index (χ1) is 13.0. The van der Waals surface area contributed by atoms with Crippen LogP contribution in [0.2, 0.25) is 0 Å². The Kier molecular flexibility index (Phi) is 5.66. The molecule has 3 aromatic rings. The molecule has 2 aromatic carbocycles. The number of unbranched alkanes of at least 4 members (excludes halogenated alkanes) is 2. The number of aryl methyl sites for hydroxylation is 1. The fraction of sp³-hybridized carbons (Fsp3) is 0.286. The molecule has 0 fully saturated rings. The maximum atomic E-state index is 12.5. The first-order valence-corrected chi connectivity index (χ1v) is 8.82. The first kappa shape index (κ1) is 18.8. The third-order valence-electron chi connectivity index (χ3n) is 4.48. The standard InChI is InChI=1S/C21H22O6/c1-26-20-17(25)11-15(23)19-16(24)12-18(27-21(19)20)14-8-6-13(7-9-14)5-3-2-4-10-22/h6-9,11-12,22-23,25H,2-5,10H2,1H3. The number of phenolic OH excluding ortho intramolecular Hbond substituents is 2. The summed E-state index contributed by atoms with van der Waals surface area (Å²) in [6, 6.07) is 10.0. The summed E-state index contributed by atoms with van der Waals surface area (Å²) in [5.74, 6) is -0.340. The number of ether oxygens (including phenoxy) is 1. The second-order valence-corrected chi connectivity index (χ2v) is 6.36. The van der Waals surface area contributed by atoms with Crippen molar-refractivity contribution >= 4 is 11.0 Å². The van der Waals surface area contributed by atoms with Crippen molar-refractivity contribution in [2.24, 2.45) is 0 Å². The number of hydrogen-bond acceptors (Lipinski definition) is 6. The van der Waals surface area contributed by atoms with Crippen molar-refractivity contribution in [2.75, 3.05) is 13.7 Å². The van der Waals surface area contributed by atoms with E-state index in [0.717, 1.165) is 37.3 Å². The van der Waals surface area contributed by atoms with Gasteiger partial charge >= 0.3 is 0 Å². The van der Waals surface area contributed by atoms with Gasteiger partial charge in [-0.05, 0) is 24.8 Å². The minimum Gasteiger partial charge on any atom is -0.507 e. The lowest BCUT2D eigenvalue weighted by Gasteiger charge is -2.10. The van der Waals surface area contributed by atoms with Crippen molar-refractivity contribution in [1.29, 1.82) is 0 Å². The van der Waals surface area contributed by atoms with Crippen LogP contribution in [-0.4, -0.2) is 29.0 Å². The highest BCUT2D eigenvalue weighted by Gasteiger charge is 2.18. The van der Waals surface area contributed by atoms with Gasteiger partial charge in [0.05, 0.1) is 7.11 Å². The molecule has 1 aromatic heterocycles. The average Bonchev–Trinajstić information content (AvgIpc) is 2.65. The lowest BCUT2D eigenvalue weighted by molar-refractivity contribution is 0.283. The minimum absolute atomic E-state index is 0.00209. The minimum atomic E-state index is -0.421. The van der Waals surface area contributed by atoms with Crippen LogP contribution in [0, 0.1) is 0 Å². The quantitative estimate of drug-likeness (QED) is 0.550. The fourth-order valence-corrected chi connectivity index (χ4v) is 3.07. The van der Waals surface area contributed by atoms with Gasteiger partial charge in [-0.2, -0.15) is 0 Å². The van der Waals surface area contributed by atoms with Crippen LogP contribution < -0.4 is 10.2 Å². The molecule has 3 rings (SSSR count). The second kappa shape index (κ2) is 8.14. The van der Waals surface area contributed by atoms with Crippen molar-refractivity contribution in [2.45, 2.75) is 25.7 Å². The highest BCUT2D eigenvalue weighted by molar-refractivity contribution is 5.91. The second-order valence-electron chi connectivity index (χ2n) is 6.36. The summed E-state index contributed by atoms with van der Waals surface area (Å²) >= 11 is 0. The number of methoxy groups -OCH3 is 1. The van der Waals surface area contributed by atoms with Crippen LogP contribution >= 0.6 is 0 Å². The van der Waals surface area contributed by atoms with Gasteiger partial charge in [-0.15, -0.1) is 0 Å². The van der Waals surface area contributed by atoms with E-state index in [1.165, 1.54) is 13.2 Å². The average molecular weight is 370 g/mol. The molecule has 27 heavy (non-hydrogen) atoms. The topological polar surface area (TPSA) is 100 Å². The predicted molar refractivity (Wildman–Crippen MR) is 102 cm³/mol. The van der Waals surface area contributed by atoms with E-state index in [-0.39, 0.29) is 34.8 Å². The van der Waals surface area contributed by atoms with Crippen molar-refractivity contribution in [3.8, 4) is 28.6 Å². The monoisotopic (exact) mass is 370 g/mol. The van der Waals surface area contributed by atoms with Crippen molar-refractivity contribution < 1.29 is 24.5 Å². The Morgan fingerprint density at radius 3 is 2.41 bits per heavy atom. The van der Waals surface area contributed by atoms with E-state index in [2.05, 4.69) is 0 Å². The number of benzene rings is 2. The molecule has 0 aliphatic heterocycles. The zero-order chi connectivity index (χ0) is 19.4. The summed E-state index contributed by atoms with van der Waals surface area (Å²) in [6.07, 6.45) is 3.70. The molecule has 6 heteroatoms. The molecule has 0 aliphatic carbocycles. The Hall–Kier alpha value is -2.99. The molecule has 0 atom stereocenters. The Balaban J connectivity index is 1.96. The van der Waals surface area contributed by atoms with Gasteiger partial charge in [-0.3, -0.25) is 4.79 Å². The molecule has 0 radical (unpaired) electrons. The van der Waals surface area contributed by atoms with Gasteiger partial charge in [0, 0.05) is 24.3 Å². The van der Waals surface area contributed by atoms with Crippen LogP contribution in [0.4, 0.5) is 0 Å². The summed E-state index contributed by atoms with van der Waals surface area (Å²) in [5, 5.41) is 28.7. The molecule has 0 bridgehead atoms. The smallest absolute Gasteiger partial charge is 0.204 e. The van der Waals surface area contributed by atoms with Gasteiger partial charge < -0.3 is 24.5 Å². The van der Waals surface area contributed by atoms with Gasteiger partial charge in [0.1, 0.15) is 16.9 Å². The maximum absolute atomic E-state index is 12.5. The first-order valence-electron chi connectivity index (χ1n) is 8.82. The largest absolute Gasteiger partial charge is 0.507 e. The van der Waals surface area contributed by atoms with E-state index in [1.807, 2.05) is 24.3 Å². The highest BCUT2D eigenvalue weighted by atomic mass is 16.5. The van der Waals surface area contributed by atoms with Crippen molar-refractivity contribution in [3.05, 3.63) is 52.2 Å². The van der Waals surface area contributed by atoms with E-state index < -0.39 is 5.43 Å². The molecular weight excluding hydrogens is 348 g/mol. The molecule has 6 nitrogen and oxygen atoms in total. The van der Waals surface area contributed by atoms with Crippen LogP contribution in [0.3, 0.4) is 0 Å². The third-order valence-corrected chi connectivity index (χ3v) is 4.48. The summed E-state index contributed by atoms with van der Waals surface area (Å²) in [4.78, 5) is 12.5. The van der Waals surface area contributed by atoms with Crippen molar-refractivity contribution in [3.63, 3.8) is 0 Å². The number of aliphatic hydroxyl groups is 1. The lowest BCUT2D eigenvalue weighted by atomic mass is 10.0. The molecule has 3 N–H and O–H groups in total. The number of aromatic hydroxyl groups is 2. The van der Waals surface area contributed by atoms with E-state index in [0.29, 0.717) is 11.3 Å². The number of phenols is 2. The van der Waals surface area contributed by atoms with E-state index in [4.69, 9.17) is 14.3 Å². The molecular formula is C21H22O6. The van der Waals surface area contributed by atoms with Crippen LogP contribution in [0.1, 0.15) is 24.8 Å². The molecule has 1 heterocycles. The fourth-order valence-electron chi connectivity index (χ4n) is 3.07. The third kappa shape index (κ3) is 3.90. The van der Waals surface area contributed by atoms with Gasteiger partial charge in [0.2, 0.25) is 5.75 Å². The lowest BCUT2D eigenvalue weighted by Crippen LogP contribution is -2.02. The Morgan fingerprint density at radius 1 is 1.00 bits per heavy atom. The molecule has 0 unspecified atom stereocenters. The predicted octanol–water partition coefficient (Wildman–Crippen LogP) is 3.58. The Morgan fingerprint density at radius 2 is 1.74 bits per heavy atom. The SMILES string of the molecule is COc1c(O)cc(O)c2c(=O)cc(-c3ccc(CCCCCO)cc3)oc12. The van der Waals surface area contributed by atoms with E-state index in [1.54, 1.807) is 0 Å². The number of fused-ring (bicyclic) bond motifs is 1. The van der Waals surface area contributed by atoms with Gasteiger partial charge in [0.15, 0.2) is 16.8 Å². The highest BCUT2D eigenvalue weighted by Crippen LogP contribution is 2.40. The molecule has 0 saturated heterocycles. The molecule has 0 amide bonds. The zero-order valence-electron chi connectivity index (χ0n) is 15.1. The number of aliphatic hydroxyl groups excluding tert-OH is 1. The molecule has 142 valence electrons. The van der Waals surface area contributed by atoms with Crippen molar-refractivity contribution in [1.82, 2.24) is 0 Å². The number of hydrogen-bond donors (Lipinski definition) is 3. The van der Waals surface area contributed by atoms with E-state index in [9.17, 15) is 15.0 Å². The van der Waals surface area contributed by atoms with Crippen LogP contribution in [-0.2, 0) is 6.42 Å². The molecule has 0 aliphatic rings. The van der Waals surface area contributed by atoms with Gasteiger partial charge in [-0.1, -0.05) is 30.7 Å². The summed E-state index contributed by atoms with van der Waals surface area (Å²) in [7, 11) is 1.35. The Labute approximate surface area is 156 Å². The Bertz CT molecular complexity index is 988.